The number of imidazole rings is 1. The summed E-state index contributed by atoms with van der Waals surface area (Å²) in [5.74, 6) is 1.09. The first-order valence-corrected chi connectivity index (χ1v) is 8.19. The number of benzene rings is 1. The van der Waals surface area contributed by atoms with E-state index < -0.39 is 0 Å². The van der Waals surface area contributed by atoms with E-state index in [1.807, 2.05) is 29.1 Å². The van der Waals surface area contributed by atoms with Crippen LogP contribution in [0.1, 0.15) is 23.5 Å². The molecule has 1 aliphatic heterocycles. The first kappa shape index (κ1) is 14.9. The van der Waals surface area contributed by atoms with Gasteiger partial charge in [0.15, 0.2) is 0 Å². The molecule has 0 radical (unpaired) electrons. The minimum atomic E-state index is -0.104. The molecule has 1 atom stereocenters. The van der Waals surface area contributed by atoms with E-state index in [-0.39, 0.29) is 11.7 Å². The quantitative estimate of drug-likeness (QED) is 0.738. The Morgan fingerprint density at radius 2 is 2.08 bits per heavy atom. The Balaban J connectivity index is 1.44. The van der Waals surface area contributed by atoms with Crippen molar-refractivity contribution in [2.24, 2.45) is 0 Å². The van der Waals surface area contributed by atoms with Gasteiger partial charge >= 0.3 is 0 Å². The Morgan fingerprint density at radius 3 is 2.83 bits per heavy atom. The van der Waals surface area contributed by atoms with Crippen molar-refractivity contribution in [3.63, 3.8) is 0 Å². The maximum Gasteiger partial charge on any atom is 0.128 e. The third kappa shape index (κ3) is 3.02. The van der Waals surface area contributed by atoms with Gasteiger partial charge in [-0.3, -0.25) is 0 Å². The second-order valence-corrected chi connectivity index (χ2v) is 6.21. The first-order valence-electron chi connectivity index (χ1n) is 8.19. The smallest absolute Gasteiger partial charge is 0.128 e. The minimum Gasteiger partial charge on any atom is -0.356 e. The highest BCUT2D eigenvalue weighted by atomic mass is 19.1. The van der Waals surface area contributed by atoms with Gasteiger partial charge in [0.05, 0.1) is 6.33 Å². The molecule has 0 spiro atoms. The number of nitrogens with zero attached hydrogens (tertiary/aromatic N) is 4. The number of hydrogen-bond donors (Lipinski definition) is 0. The monoisotopic (exact) mass is 322 g/mol. The standard InChI is InChI=1S/C19H19FN4/c20-18-4-2-1-3-17(18)16-7-9-24(13-16)19-6-5-15(11-22-19)12-23-10-8-21-14-23/h1-6,8,10-11,14,16H,7,9,12-13H2. The fourth-order valence-corrected chi connectivity index (χ4v) is 3.32. The number of pyridine rings is 1. The summed E-state index contributed by atoms with van der Waals surface area (Å²) in [7, 11) is 0. The van der Waals surface area contributed by atoms with Crippen LogP contribution in [0.25, 0.3) is 0 Å². The third-order valence-corrected chi connectivity index (χ3v) is 4.59. The van der Waals surface area contributed by atoms with Gasteiger partial charge in [0.1, 0.15) is 11.6 Å². The van der Waals surface area contributed by atoms with Crippen molar-refractivity contribution in [3.05, 3.63) is 78.3 Å². The van der Waals surface area contributed by atoms with Crippen molar-refractivity contribution in [1.82, 2.24) is 14.5 Å². The Bertz CT molecular complexity index is 798. The van der Waals surface area contributed by atoms with Crippen LogP contribution in [0.15, 0.2) is 61.3 Å². The summed E-state index contributed by atoms with van der Waals surface area (Å²) >= 11 is 0. The van der Waals surface area contributed by atoms with E-state index in [0.717, 1.165) is 43.0 Å². The molecule has 24 heavy (non-hydrogen) atoms. The summed E-state index contributed by atoms with van der Waals surface area (Å²) in [4.78, 5) is 10.9. The summed E-state index contributed by atoms with van der Waals surface area (Å²) < 4.78 is 16.0. The van der Waals surface area contributed by atoms with Crippen LogP contribution in [-0.2, 0) is 6.54 Å². The van der Waals surface area contributed by atoms with Crippen molar-refractivity contribution >= 4 is 5.82 Å². The molecular weight excluding hydrogens is 303 g/mol. The normalized spacial score (nSPS) is 17.4. The van der Waals surface area contributed by atoms with Gasteiger partial charge < -0.3 is 9.47 Å². The second kappa shape index (κ2) is 6.43. The summed E-state index contributed by atoms with van der Waals surface area (Å²) in [5, 5.41) is 0. The van der Waals surface area contributed by atoms with Gasteiger partial charge in [0, 0.05) is 44.1 Å². The molecular formula is C19H19FN4. The van der Waals surface area contributed by atoms with E-state index >= 15 is 0 Å². The predicted molar refractivity (Wildman–Crippen MR) is 91.5 cm³/mol. The SMILES string of the molecule is Fc1ccccc1C1CCN(c2ccc(Cn3ccnc3)cn2)C1. The molecule has 4 nitrogen and oxygen atoms in total. The lowest BCUT2D eigenvalue weighted by Gasteiger charge is -2.18. The fraction of sp³-hybridized carbons (Fsp3) is 0.263. The Kier molecular flexibility index (Phi) is 3.99. The van der Waals surface area contributed by atoms with Crippen LogP contribution in [0.5, 0.6) is 0 Å². The number of rotatable bonds is 4. The van der Waals surface area contributed by atoms with E-state index in [1.54, 1.807) is 24.7 Å². The lowest BCUT2D eigenvalue weighted by molar-refractivity contribution is 0.589. The zero-order chi connectivity index (χ0) is 16.4. The molecule has 0 saturated carbocycles. The van der Waals surface area contributed by atoms with Crippen molar-refractivity contribution in [1.29, 1.82) is 0 Å². The topological polar surface area (TPSA) is 34.0 Å². The minimum absolute atomic E-state index is 0.104. The van der Waals surface area contributed by atoms with Crippen LogP contribution in [0.4, 0.5) is 10.2 Å². The molecule has 1 unspecified atom stereocenters. The molecule has 0 bridgehead atoms. The molecule has 1 aromatic carbocycles. The van der Waals surface area contributed by atoms with E-state index in [1.165, 1.54) is 0 Å². The van der Waals surface area contributed by atoms with Gasteiger partial charge in [-0.25, -0.2) is 14.4 Å². The van der Waals surface area contributed by atoms with Crippen molar-refractivity contribution < 1.29 is 4.39 Å². The molecule has 2 aromatic heterocycles. The summed E-state index contributed by atoms with van der Waals surface area (Å²) in [6.45, 7) is 2.49. The molecule has 1 aliphatic rings. The van der Waals surface area contributed by atoms with E-state index in [4.69, 9.17) is 0 Å². The summed E-state index contributed by atoms with van der Waals surface area (Å²) in [5.41, 5.74) is 1.96. The largest absolute Gasteiger partial charge is 0.356 e. The molecule has 122 valence electrons. The van der Waals surface area contributed by atoms with Gasteiger partial charge in [-0.05, 0) is 29.7 Å². The van der Waals surface area contributed by atoms with Crippen LogP contribution >= 0.6 is 0 Å². The summed E-state index contributed by atoms with van der Waals surface area (Å²) in [6.07, 6.45) is 8.38. The van der Waals surface area contributed by atoms with Crippen LogP contribution in [0, 0.1) is 5.82 Å². The van der Waals surface area contributed by atoms with Crippen LogP contribution < -0.4 is 4.90 Å². The van der Waals surface area contributed by atoms with Gasteiger partial charge in [-0.15, -0.1) is 0 Å². The number of hydrogen-bond acceptors (Lipinski definition) is 3. The highest BCUT2D eigenvalue weighted by Crippen LogP contribution is 2.31. The lowest BCUT2D eigenvalue weighted by atomic mass is 9.98. The third-order valence-electron chi connectivity index (χ3n) is 4.59. The van der Waals surface area contributed by atoms with E-state index in [2.05, 4.69) is 27.0 Å². The molecule has 0 aliphatic carbocycles. The molecule has 5 heteroatoms. The Morgan fingerprint density at radius 1 is 1.17 bits per heavy atom. The maximum absolute atomic E-state index is 14.0. The van der Waals surface area contributed by atoms with Crippen molar-refractivity contribution in [2.75, 3.05) is 18.0 Å². The number of aromatic nitrogens is 3. The summed E-state index contributed by atoms with van der Waals surface area (Å²) in [6, 6.07) is 11.2. The highest BCUT2D eigenvalue weighted by molar-refractivity contribution is 5.42. The van der Waals surface area contributed by atoms with Gasteiger partial charge in [-0.1, -0.05) is 24.3 Å². The molecule has 1 saturated heterocycles. The van der Waals surface area contributed by atoms with Gasteiger partial charge in [0.2, 0.25) is 0 Å². The molecule has 1 fully saturated rings. The maximum atomic E-state index is 14.0. The molecule has 4 rings (SSSR count). The van der Waals surface area contributed by atoms with Gasteiger partial charge in [-0.2, -0.15) is 0 Å². The van der Waals surface area contributed by atoms with E-state index in [0.29, 0.717) is 0 Å². The Hall–Kier alpha value is -2.69. The Labute approximate surface area is 140 Å². The van der Waals surface area contributed by atoms with Crippen LogP contribution in [0.3, 0.4) is 0 Å². The average molecular weight is 322 g/mol. The number of halogens is 1. The average Bonchev–Trinajstić information content (AvgIpc) is 3.28. The van der Waals surface area contributed by atoms with E-state index in [9.17, 15) is 4.39 Å². The zero-order valence-electron chi connectivity index (χ0n) is 13.3. The van der Waals surface area contributed by atoms with Crippen molar-refractivity contribution in [3.8, 4) is 0 Å². The molecule has 0 N–H and O–H groups in total. The predicted octanol–water partition coefficient (Wildman–Crippen LogP) is 3.46. The molecule has 3 heterocycles. The van der Waals surface area contributed by atoms with Gasteiger partial charge in [0.25, 0.3) is 0 Å². The van der Waals surface area contributed by atoms with Crippen LogP contribution in [0.2, 0.25) is 0 Å². The first-order chi connectivity index (χ1) is 11.8. The fourth-order valence-electron chi connectivity index (χ4n) is 3.32. The zero-order valence-corrected chi connectivity index (χ0v) is 13.3. The van der Waals surface area contributed by atoms with Crippen LogP contribution in [-0.4, -0.2) is 27.6 Å². The molecule has 0 amide bonds. The molecule has 3 aromatic rings. The highest BCUT2D eigenvalue weighted by Gasteiger charge is 2.26. The van der Waals surface area contributed by atoms with Crippen molar-refractivity contribution in [2.45, 2.75) is 18.9 Å². The second-order valence-electron chi connectivity index (χ2n) is 6.21. The number of anilines is 1. The lowest BCUT2D eigenvalue weighted by Crippen LogP contribution is -2.20.